The number of carbonyl (C=O) groups is 2. The molecule has 154 valence electrons. The molecule has 5 nitrogen and oxygen atoms in total. The number of benzene rings is 2. The summed E-state index contributed by atoms with van der Waals surface area (Å²) in [6.07, 6.45) is 2.64. The van der Waals surface area contributed by atoms with Crippen LogP contribution in [-0.2, 0) is 16.0 Å². The quantitative estimate of drug-likeness (QED) is 0.582. The van der Waals surface area contributed by atoms with Crippen LogP contribution >= 0.6 is 11.3 Å². The van der Waals surface area contributed by atoms with Crippen LogP contribution in [0.1, 0.15) is 40.8 Å². The van der Waals surface area contributed by atoms with E-state index in [0.717, 1.165) is 24.8 Å². The average molecular weight is 424 g/mol. The van der Waals surface area contributed by atoms with Crippen LogP contribution in [0.25, 0.3) is 11.3 Å². The van der Waals surface area contributed by atoms with Gasteiger partial charge in [-0.25, -0.2) is 9.37 Å². The number of hydrogen-bond acceptors (Lipinski definition) is 4. The predicted octanol–water partition coefficient (Wildman–Crippen LogP) is 4.58. The van der Waals surface area contributed by atoms with Gasteiger partial charge in [-0.05, 0) is 42.7 Å². The summed E-state index contributed by atoms with van der Waals surface area (Å²) in [7, 11) is 0. The first-order valence-electron chi connectivity index (χ1n) is 9.84. The van der Waals surface area contributed by atoms with Crippen LogP contribution in [0.5, 0.6) is 0 Å². The van der Waals surface area contributed by atoms with Gasteiger partial charge in [0.1, 0.15) is 16.9 Å². The number of aromatic nitrogens is 1. The highest BCUT2D eigenvalue weighted by molar-refractivity contribution is 7.12. The van der Waals surface area contributed by atoms with Crippen molar-refractivity contribution in [2.75, 3.05) is 0 Å². The molecule has 1 fully saturated rings. The summed E-state index contributed by atoms with van der Waals surface area (Å²) in [5.41, 5.74) is 2.04. The minimum atomic E-state index is -0.969. The van der Waals surface area contributed by atoms with Gasteiger partial charge in [0.25, 0.3) is 0 Å². The maximum absolute atomic E-state index is 13.4. The van der Waals surface area contributed by atoms with Crippen LogP contribution in [0.3, 0.4) is 0 Å². The molecule has 7 heteroatoms. The fourth-order valence-corrected chi connectivity index (χ4v) is 4.61. The second-order valence-corrected chi connectivity index (χ2v) is 8.50. The SMILES string of the molecule is O=C(O)Cc1sc(C(NC(=O)C2CCC2)c2ccccc2)nc1-c1ccc(F)cc1. The average Bonchev–Trinajstić information content (AvgIpc) is 3.08. The van der Waals surface area contributed by atoms with Gasteiger partial charge in [0, 0.05) is 16.4 Å². The molecule has 0 radical (unpaired) electrons. The molecule has 2 N–H and O–H groups in total. The molecule has 4 rings (SSSR count). The fraction of sp³-hybridized carbons (Fsp3) is 0.261. The highest BCUT2D eigenvalue weighted by atomic mass is 32.1. The standard InChI is InChI=1S/C23H21FN2O3S/c24-17-11-9-15(10-12-17)20-18(13-19(27)28)30-23(26-20)21(14-5-2-1-3-6-14)25-22(29)16-7-4-8-16/h1-3,5-6,9-12,16,21H,4,7-8,13H2,(H,25,29)(H,27,28). The lowest BCUT2D eigenvalue weighted by Gasteiger charge is -2.27. The summed E-state index contributed by atoms with van der Waals surface area (Å²) in [6, 6.07) is 14.9. The van der Waals surface area contributed by atoms with Crippen molar-refractivity contribution in [3.63, 3.8) is 0 Å². The Morgan fingerprint density at radius 3 is 2.43 bits per heavy atom. The molecule has 0 spiro atoms. The maximum Gasteiger partial charge on any atom is 0.308 e. The third-order valence-electron chi connectivity index (χ3n) is 5.29. The molecule has 0 saturated heterocycles. The Balaban J connectivity index is 1.74. The largest absolute Gasteiger partial charge is 0.481 e. The van der Waals surface area contributed by atoms with Gasteiger partial charge in [-0.3, -0.25) is 9.59 Å². The number of halogens is 1. The summed E-state index contributed by atoms with van der Waals surface area (Å²) in [5.74, 6) is -1.33. The minimum absolute atomic E-state index is 0.00609. The molecule has 1 aliphatic rings. The maximum atomic E-state index is 13.4. The number of carboxylic acid groups (broad SMARTS) is 1. The second-order valence-electron chi connectivity index (χ2n) is 7.38. The van der Waals surface area contributed by atoms with Crippen molar-refractivity contribution in [3.8, 4) is 11.3 Å². The molecule has 1 aliphatic carbocycles. The van der Waals surface area contributed by atoms with Gasteiger partial charge in [0.2, 0.25) is 5.91 Å². The van der Waals surface area contributed by atoms with E-state index in [9.17, 15) is 19.1 Å². The van der Waals surface area contributed by atoms with E-state index in [4.69, 9.17) is 4.98 Å². The highest BCUT2D eigenvalue weighted by Gasteiger charge is 2.30. The Morgan fingerprint density at radius 2 is 1.83 bits per heavy atom. The Bertz CT molecular complexity index is 1050. The van der Waals surface area contributed by atoms with E-state index in [1.54, 1.807) is 12.1 Å². The highest BCUT2D eigenvalue weighted by Crippen LogP contribution is 2.35. The normalized spacial score (nSPS) is 14.7. The lowest BCUT2D eigenvalue weighted by atomic mass is 9.84. The first kappa shape index (κ1) is 20.2. The molecule has 1 heterocycles. The van der Waals surface area contributed by atoms with Crippen molar-refractivity contribution in [3.05, 3.63) is 75.9 Å². The van der Waals surface area contributed by atoms with E-state index in [0.29, 0.717) is 21.1 Å². The lowest BCUT2D eigenvalue weighted by molar-refractivity contribution is -0.136. The van der Waals surface area contributed by atoms with Gasteiger partial charge < -0.3 is 10.4 Å². The number of rotatable bonds is 7. The van der Waals surface area contributed by atoms with Gasteiger partial charge in [0.15, 0.2) is 0 Å². The lowest BCUT2D eigenvalue weighted by Crippen LogP contribution is -2.37. The number of thiazole rings is 1. The smallest absolute Gasteiger partial charge is 0.308 e. The number of amides is 1. The second kappa shape index (κ2) is 8.75. The zero-order valence-corrected chi connectivity index (χ0v) is 17.0. The molecule has 1 aromatic heterocycles. The van der Waals surface area contributed by atoms with Crippen LogP contribution in [0.15, 0.2) is 54.6 Å². The summed E-state index contributed by atoms with van der Waals surface area (Å²) in [4.78, 5) is 29.4. The molecule has 0 aliphatic heterocycles. The Morgan fingerprint density at radius 1 is 1.13 bits per heavy atom. The fourth-order valence-electron chi connectivity index (χ4n) is 3.45. The van der Waals surface area contributed by atoms with Crippen molar-refractivity contribution in [2.24, 2.45) is 5.92 Å². The summed E-state index contributed by atoms with van der Waals surface area (Å²) in [5, 5.41) is 13.1. The summed E-state index contributed by atoms with van der Waals surface area (Å²) in [6.45, 7) is 0. The molecular formula is C23H21FN2O3S. The molecule has 0 bridgehead atoms. The van der Waals surface area contributed by atoms with Gasteiger partial charge >= 0.3 is 5.97 Å². The monoisotopic (exact) mass is 424 g/mol. The summed E-state index contributed by atoms with van der Waals surface area (Å²) >= 11 is 1.27. The van der Waals surface area contributed by atoms with Gasteiger partial charge in [-0.2, -0.15) is 0 Å². The number of aliphatic carboxylic acids is 1. The van der Waals surface area contributed by atoms with Crippen molar-refractivity contribution in [2.45, 2.75) is 31.7 Å². The van der Waals surface area contributed by atoms with Crippen molar-refractivity contribution in [1.82, 2.24) is 10.3 Å². The van der Waals surface area contributed by atoms with E-state index in [1.807, 2.05) is 30.3 Å². The van der Waals surface area contributed by atoms with Crippen molar-refractivity contribution < 1.29 is 19.1 Å². The predicted molar refractivity (Wildman–Crippen MR) is 113 cm³/mol. The molecule has 3 aromatic rings. The van der Waals surface area contributed by atoms with E-state index in [1.165, 1.54) is 23.5 Å². The Labute approximate surface area is 177 Å². The minimum Gasteiger partial charge on any atom is -0.481 e. The van der Waals surface area contributed by atoms with Crippen LogP contribution in [0.4, 0.5) is 4.39 Å². The van der Waals surface area contributed by atoms with Gasteiger partial charge in [0.05, 0.1) is 12.1 Å². The zero-order valence-electron chi connectivity index (χ0n) is 16.2. The number of carbonyl (C=O) groups excluding carboxylic acids is 1. The molecule has 30 heavy (non-hydrogen) atoms. The van der Waals surface area contributed by atoms with Gasteiger partial charge in [-0.15, -0.1) is 11.3 Å². The molecule has 1 amide bonds. The van der Waals surface area contributed by atoms with Crippen LogP contribution < -0.4 is 5.32 Å². The van der Waals surface area contributed by atoms with Crippen molar-refractivity contribution in [1.29, 1.82) is 0 Å². The van der Waals surface area contributed by atoms with Crippen LogP contribution in [0.2, 0.25) is 0 Å². The molecule has 1 saturated carbocycles. The van der Waals surface area contributed by atoms with E-state index < -0.39 is 12.0 Å². The number of hydrogen-bond donors (Lipinski definition) is 2. The zero-order chi connectivity index (χ0) is 21.1. The van der Waals surface area contributed by atoms with E-state index >= 15 is 0 Å². The first-order valence-corrected chi connectivity index (χ1v) is 10.7. The number of nitrogens with zero attached hydrogens (tertiary/aromatic N) is 1. The van der Waals surface area contributed by atoms with E-state index in [2.05, 4.69) is 5.32 Å². The third kappa shape index (κ3) is 4.41. The van der Waals surface area contributed by atoms with Crippen LogP contribution in [-0.4, -0.2) is 22.0 Å². The molecular weight excluding hydrogens is 403 g/mol. The first-order chi connectivity index (χ1) is 14.5. The topological polar surface area (TPSA) is 79.3 Å². The molecule has 2 aromatic carbocycles. The number of carboxylic acids is 1. The van der Waals surface area contributed by atoms with E-state index in [-0.39, 0.29) is 24.1 Å². The van der Waals surface area contributed by atoms with Gasteiger partial charge in [-0.1, -0.05) is 36.8 Å². The molecule has 1 unspecified atom stereocenters. The number of nitrogens with one attached hydrogen (secondary N) is 1. The molecule has 1 atom stereocenters. The Hall–Kier alpha value is -3.06. The Kier molecular flexibility index (Phi) is 5.90. The van der Waals surface area contributed by atoms with Crippen molar-refractivity contribution >= 4 is 23.2 Å². The van der Waals surface area contributed by atoms with Crippen LogP contribution in [0, 0.1) is 11.7 Å². The summed E-state index contributed by atoms with van der Waals surface area (Å²) < 4.78 is 13.4. The third-order valence-corrected chi connectivity index (χ3v) is 6.41.